The first kappa shape index (κ1) is 25.7. The third kappa shape index (κ3) is 10.3. The van der Waals surface area contributed by atoms with Gasteiger partial charge in [-0.2, -0.15) is 23.5 Å². The van der Waals surface area contributed by atoms with Gasteiger partial charge in [0.15, 0.2) is 0 Å². The molecule has 0 radical (unpaired) electrons. The maximum atomic E-state index is 11.9. The van der Waals surface area contributed by atoms with E-state index in [1.54, 1.807) is 18.8 Å². The van der Waals surface area contributed by atoms with Gasteiger partial charge in [-0.3, -0.25) is 14.4 Å². The predicted octanol–water partition coefficient (Wildman–Crippen LogP) is 0.612. The van der Waals surface area contributed by atoms with Crippen LogP contribution in [0.15, 0.2) is 0 Å². The maximum absolute atomic E-state index is 11.9. The van der Waals surface area contributed by atoms with Crippen LogP contribution >= 0.6 is 23.5 Å². The summed E-state index contributed by atoms with van der Waals surface area (Å²) in [5.74, 6) is -1.66. The van der Waals surface area contributed by atoms with Gasteiger partial charge in [0.2, 0.25) is 5.91 Å². The van der Waals surface area contributed by atoms with E-state index in [9.17, 15) is 24.3 Å². The first-order valence-electron chi connectivity index (χ1n) is 9.47. The molecule has 11 heteroatoms. The van der Waals surface area contributed by atoms with Crippen molar-refractivity contribution < 1.29 is 34.1 Å². The summed E-state index contributed by atoms with van der Waals surface area (Å²) in [6.07, 6.45) is 2.25. The Labute approximate surface area is 179 Å². The van der Waals surface area contributed by atoms with Crippen LogP contribution in [0.2, 0.25) is 0 Å². The second-order valence-electron chi connectivity index (χ2n) is 6.77. The van der Waals surface area contributed by atoms with E-state index in [0.29, 0.717) is 5.75 Å². The molecule has 0 heterocycles. The van der Waals surface area contributed by atoms with Gasteiger partial charge in [0.05, 0.1) is 13.2 Å². The highest BCUT2D eigenvalue weighted by molar-refractivity contribution is 8.04. The largest absolute Gasteiger partial charge is 0.480 e. The van der Waals surface area contributed by atoms with Gasteiger partial charge in [-0.05, 0) is 26.8 Å². The lowest BCUT2D eigenvalue weighted by molar-refractivity contribution is -0.141. The molecule has 1 amide bonds. The molecule has 9 nitrogen and oxygen atoms in total. The second kappa shape index (κ2) is 13.8. The van der Waals surface area contributed by atoms with Gasteiger partial charge in [-0.1, -0.05) is 0 Å². The number of carbonyl (C=O) groups is 4. The van der Waals surface area contributed by atoms with E-state index in [1.165, 1.54) is 18.7 Å². The number of aliphatic carboxylic acids is 2. The fourth-order valence-electron chi connectivity index (χ4n) is 2.46. The zero-order valence-corrected chi connectivity index (χ0v) is 18.4. The summed E-state index contributed by atoms with van der Waals surface area (Å²) in [5.41, 5.74) is 0. The van der Waals surface area contributed by atoms with E-state index in [4.69, 9.17) is 9.84 Å². The third-order valence-corrected chi connectivity index (χ3v) is 7.66. The Kier molecular flexibility index (Phi) is 12.3. The van der Waals surface area contributed by atoms with Gasteiger partial charge in [-0.25, -0.2) is 4.79 Å². The van der Waals surface area contributed by atoms with E-state index < -0.39 is 29.9 Å². The average molecular weight is 451 g/mol. The molecule has 0 aromatic rings. The number of hydrogen-bond donors (Lipinski definition) is 4. The highest BCUT2D eigenvalue weighted by atomic mass is 32.2. The molecular formula is C18H30N2O7S2. The van der Waals surface area contributed by atoms with E-state index in [1.807, 2.05) is 0 Å². The fraction of sp³-hybridized carbons (Fsp3) is 0.778. The molecule has 1 rings (SSSR count). The molecule has 29 heavy (non-hydrogen) atoms. The molecule has 166 valence electrons. The van der Waals surface area contributed by atoms with E-state index >= 15 is 0 Å². The number of carbonyl (C=O) groups excluding carboxylic acids is 2. The van der Waals surface area contributed by atoms with Crippen molar-refractivity contribution in [1.29, 1.82) is 0 Å². The van der Waals surface area contributed by atoms with Crippen LogP contribution in [-0.2, 0) is 23.9 Å². The minimum Gasteiger partial charge on any atom is -0.480 e. The van der Waals surface area contributed by atoms with Crippen LogP contribution in [0.25, 0.3) is 0 Å². The molecule has 0 aliphatic heterocycles. The van der Waals surface area contributed by atoms with Gasteiger partial charge < -0.3 is 25.6 Å². The molecule has 4 unspecified atom stereocenters. The molecule has 0 spiro atoms. The molecule has 0 aromatic heterocycles. The summed E-state index contributed by atoms with van der Waals surface area (Å²) < 4.78 is 5.18. The minimum atomic E-state index is -1.09. The molecule has 0 aromatic carbocycles. The molecule has 0 bridgehead atoms. The number of ketones is 1. The summed E-state index contributed by atoms with van der Waals surface area (Å²) in [6, 6.07) is -1.59. The Hall–Kier alpha value is -1.30. The lowest BCUT2D eigenvalue weighted by Gasteiger charge is -2.36. The highest BCUT2D eigenvalue weighted by Crippen LogP contribution is 2.40. The molecule has 1 aliphatic carbocycles. The van der Waals surface area contributed by atoms with Gasteiger partial charge in [0.25, 0.3) is 0 Å². The van der Waals surface area contributed by atoms with Crippen molar-refractivity contribution in [2.24, 2.45) is 0 Å². The minimum absolute atomic E-state index is 0.00863. The second-order valence-corrected chi connectivity index (χ2v) is 9.32. The highest BCUT2D eigenvalue weighted by Gasteiger charge is 2.34. The van der Waals surface area contributed by atoms with Gasteiger partial charge in [0.1, 0.15) is 17.9 Å². The van der Waals surface area contributed by atoms with Crippen molar-refractivity contribution in [1.82, 2.24) is 10.6 Å². The summed E-state index contributed by atoms with van der Waals surface area (Å²) in [5, 5.41) is 24.2. The Balaban J connectivity index is 2.31. The number of carboxylic acid groups (broad SMARTS) is 2. The van der Waals surface area contributed by atoms with Crippen LogP contribution in [0.5, 0.6) is 0 Å². The molecule has 4 N–H and O–H groups in total. The van der Waals surface area contributed by atoms with Crippen LogP contribution in [0.1, 0.15) is 32.6 Å². The van der Waals surface area contributed by atoms with Crippen LogP contribution in [0.3, 0.4) is 0 Å². The Bertz CT molecular complexity index is 576. The standard InChI is InChI=1S/C18H30N2O7S2/c1-11(21)5-7-27-8-6-16(22)20-13(18(25)26)10-29-15-4-3-14(15)28-9-12(19-2)17(23)24/h12-15,19H,3-10H2,1-2H3,(H,20,22)(H,23,24)(H,25,26). The number of nitrogens with one attached hydrogen (secondary N) is 2. The number of carboxylic acids is 2. The van der Waals surface area contributed by atoms with Crippen molar-refractivity contribution in [2.75, 3.05) is 31.8 Å². The zero-order valence-electron chi connectivity index (χ0n) is 16.7. The molecular weight excluding hydrogens is 420 g/mol. The van der Waals surface area contributed by atoms with E-state index in [-0.39, 0.29) is 48.1 Å². The Morgan fingerprint density at radius 3 is 1.93 bits per heavy atom. The van der Waals surface area contributed by atoms with Gasteiger partial charge >= 0.3 is 11.9 Å². The van der Waals surface area contributed by atoms with Crippen molar-refractivity contribution in [3.63, 3.8) is 0 Å². The SMILES string of the molecule is CNC(CSC1CCC1SCC(NC(=O)CCOCCC(C)=O)C(=O)O)C(=O)O. The quantitative estimate of drug-likeness (QED) is 0.247. The number of Topliss-reactive ketones (excluding diaryl/α,β-unsaturated/α-hetero) is 1. The van der Waals surface area contributed by atoms with Crippen LogP contribution in [0, 0.1) is 0 Å². The monoisotopic (exact) mass is 450 g/mol. The molecule has 1 saturated carbocycles. The lowest BCUT2D eigenvalue weighted by Crippen LogP contribution is -2.44. The number of rotatable bonds is 16. The smallest absolute Gasteiger partial charge is 0.327 e. The Morgan fingerprint density at radius 2 is 1.48 bits per heavy atom. The van der Waals surface area contributed by atoms with Crippen LogP contribution < -0.4 is 10.6 Å². The predicted molar refractivity (Wildman–Crippen MR) is 113 cm³/mol. The first-order valence-corrected chi connectivity index (χ1v) is 11.6. The van der Waals surface area contributed by atoms with Gasteiger partial charge in [0, 0.05) is 34.8 Å². The fourth-order valence-corrected chi connectivity index (χ4v) is 5.65. The van der Waals surface area contributed by atoms with Crippen LogP contribution in [0.4, 0.5) is 0 Å². The molecule has 1 fully saturated rings. The summed E-state index contributed by atoms with van der Waals surface area (Å²) in [4.78, 5) is 45.2. The summed E-state index contributed by atoms with van der Waals surface area (Å²) in [6.45, 7) is 1.84. The van der Waals surface area contributed by atoms with Crippen molar-refractivity contribution in [3.05, 3.63) is 0 Å². The van der Waals surface area contributed by atoms with Crippen molar-refractivity contribution >= 4 is 47.2 Å². The number of hydrogen-bond acceptors (Lipinski definition) is 8. The maximum Gasteiger partial charge on any atom is 0.327 e. The molecule has 4 atom stereocenters. The average Bonchev–Trinajstić information content (AvgIpc) is 2.62. The molecule has 0 saturated heterocycles. The number of amides is 1. The van der Waals surface area contributed by atoms with Crippen molar-refractivity contribution in [3.8, 4) is 0 Å². The summed E-state index contributed by atoms with van der Waals surface area (Å²) >= 11 is 3.08. The third-order valence-electron chi connectivity index (χ3n) is 4.46. The van der Waals surface area contributed by atoms with Gasteiger partial charge in [-0.15, -0.1) is 0 Å². The first-order chi connectivity index (χ1) is 13.7. The normalized spacial score (nSPS) is 20.3. The zero-order chi connectivity index (χ0) is 21.8. The Morgan fingerprint density at radius 1 is 0.966 bits per heavy atom. The number of thioether (sulfide) groups is 2. The van der Waals surface area contributed by atoms with Crippen molar-refractivity contribution in [2.45, 2.75) is 55.2 Å². The summed E-state index contributed by atoms with van der Waals surface area (Å²) in [7, 11) is 1.61. The number of likely N-dealkylation sites (N-methyl/N-ethyl adjacent to an activating group) is 1. The number of ether oxygens (including phenoxy) is 1. The van der Waals surface area contributed by atoms with E-state index in [2.05, 4.69) is 10.6 Å². The van der Waals surface area contributed by atoms with Crippen LogP contribution in [-0.4, -0.2) is 88.2 Å². The topological polar surface area (TPSA) is 142 Å². The molecule has 1 aliphatic rings. The van der Waals surface area contributed by atoms with E-state index in [0.717, 1.165) is 12.8 Å². The lowest BCUT2D eigenvalue weighted by atomic mass is 9.99.